The highest BCUT2D eigenvalue weighted by Gasteiger charge is 2.31. The molecule has 0 unspecified atom stereocenters. The summed E-state index contributed by atoms with van der Waals surface area (Å²) in [7, 11) is 0. The van der Waals surface area contributed by atoms with E-state index in [1.165, 1.54) is 4.68 Å². The van der Waals surface area contributed by atoms with Gasteiger partial charge in [-0.05, 0) is 19.1 Å². The van der Waals surface area contributed by atoms with Gasteiger partial charge in [0.15, 0.2) is 0 Å². The van der Waals surface area contributed by atoms with Crippen LogP contribution in [0.25, 0.3) is 11.3 Å². The van der Waals surface area contributed by atoms with E-state index in [1.54, 1.807) is 36.5 Å². The molecule has 0 bridgehead atoms. The van der Waals surface area contributed by atoms with E-state index in [4.69, 9.17) is 0 Å². The predicted molar refractivity (Wildman–Crippen MR) is 87.4 cm³/mol. The summed E-state index contributed by atoms with van der Waals surface area (Å²) < 4.78 is 29.5. The van der Waals surface area contributed by atoms with Crippen LogP contribution in [0.3, 0.4) is 0 Å². The number of thioether (sulfide) groups is 1. The van der Waals surface area contributed by atoms with E-state index in [1.807, 2.05) is 31.2 Å². The normalized spacial score (nSPS) is 11.6. The molecule has 0 N–H and O–H groups in total. The van der Waals surface area contributed by atoms with Crippen molar-refractivity contribution in [1.29, 1.82) is 0 Å². The zero-order valence-electron chi connectivity index (χ0n) is 12.5. The Hall–Kier alpha value is -2.21. The average Bonchev–Trinajstić information content (AvgIpc) is 2.96. The lowest BCUT2D eigenvalue weighted by Crippen LogP contribution is -2.20. The topological polar surface area (TPSA) is 30.7 Å². The summed E-state index contributed by atoms with van der Waals surface area (Å²) in [5, 5.41) is 4.83. The third-order valence-electron chi connectivity index (χ3n) is 3.24. The Balaban J connectivity index is 1.72. The van der Waals surface area contributed by atoms with Crippen molar-refractivity contribution < 1.29 is 8.78 Å². The van der Waals surface area contributed by atoms with E-state index < -0.39 is 11.8 Å². The molecule has 0 spiro atoms. The number of benzene rings is 2. The van der Waals surface area contributed by atoms with Gasteiger partial charge in [0.25, 0.3) is 0 Å². The smallest absolute Gasteiger partial charge is 0.245 e. The van der Waals surface area contributed by atoms with Crippen molar-refractivity contribution in [3.63, 3.8) is 0 Å². The van der Waals surface area contributed by atoms with Crippen LogP contribution in [0.4, 0.5) is 8.78 Å². The molecule has 2 aromatic carbocycles. The van der Waals surface area contributed by atoms with Gasteiger partial charge in [-0.15, -0.1) is 5.10 Å². The summed E-state index contributed by atoms with van der Waals surface area (Å²) in [4.78, 5) is 0.524. The van der Waals surface area contributed by atoms with Gasteiger partial charge in [0.1, 0.15) is 12.2 Å². The van der Waals surface area contributed by atoms with Crippen LogP contribution in [-0.4, -0.2) is 20.2 Å². The van der Waals surface area contributed by atoms with E-state index in [9.17, 15) is 8.78 Å². The molecule has 6 heteroatoms. The van der Waals surface area contributed by atoms with E-state index >= 15 is 0 Å². The summed E-state index contributed by atoms with van der Waals surface area (Å²) in [5.41, 5.74) is 2.58. The molecule has 0 radical (unpaired) electrons. The Morgan fingerprint density at radius 2 is 1.74 bits per heavy atom. The molecule has 0 amide bonds. The summed E-state index contributed by atoms with van der Waals surface area (Å²) >= 11 is 0.526. The van der Waals surface area contributed by atoms with Gasteiger partial charge in [-0.1, -0.05) is 65.0 Å². The lowest BCUT2D eigenvalue weighted by molar-refractivity contribution is 0.0802. The van der Waals surface area contributed by atoms with Gasteiger partial charge < -0.3 is 0 Å². The van der Waals surface area contributed by atoms with E-state index in [0.717, 1.165) is 11.1 Å². The Kier molecular flexibility index (Phi) is 4.43. The van der Waals surface area contributed by atoms with E-state index in [0.29, 0.717) is 22.4 Å². The quantitative estimate of drug-likeness (QED) is 0.638. The van der Waals surface area contributed by atoms with Crippen LogP contribution in [-0.2, 0) is 6.54 Å². The maximum Gasteiger partial charge on any atom is 0.317 e. The van der Waals surface area contributed by atoms with Crippen LogP contribution < -0.4 is 0 Å². The van der Waals surface area contributed by atoms with Crippen molar-refractivity contribution in [2.24, 2.45) is 0 Å². The Labute approximate surface area is 137 Å². The summed E-state index contributed by atoms with van der Waals surface area (Å²) in [6.45, 7) is 1.47. The van der Waals surface area contributed by atoms with Crippen molar-refractivity contribution in [1.82, 2.24) is 15.0 Å². The standard InChI is InChI=1S/C17H15F2N3S/c1-13-7-9-14(10-8-13)16-11-22(21-20-16)12-17(18,19)23-15-5-3-2-4-6-15/h2-11H,12H2,1H3. The first kappa shape index (κ1) is 15.7. The molecule has 3 nitrogen and oxygen atoms in total. The Morgan fingerprint density at radius 3 is 2.43 bits per heavy atom. The molecule has 1 aromatic heterocycles. The molecule has 1 heterocycles. The molecular weight excluding hydrogens is 316 g/mol. The monoisotopic (exact) mass is 331 g/mol. The number of halogens is 2. The van der Waals surface area contributed by atoms with Crippen molar-refractivity contribution in [2.75, 3.05) is 0 Å². The van der Waals surface area contributed by atoms with Gasteiger partial charge in [0.05, 0.1) is 6.20 Å². The molecule has 0 saturated heterocycles. The van der Waals surface area contributed by atoms with Gasteiger partial charge >= 0.3 is 5.25 Å². The van der Waals surface area contributed by atoms with Crippen LogP contribution in [0.15, 0.2) is 65.7 Å². The lowest BCUT2D eigenvalue weighted by Gasteiger charge is -2.15. The maximum atomic E-state index is 14.1. The number of nitrogens with zero attached hydrogens (tertiary/aromatic N) is 3. The highest BCUT2D eigenvalue weighted by atomic mass is 32.2. The molecule has 3 rings (SSSR count). The van der Waals surface area contributed by atoms with Crippen molar-refractivity contribution in [2.45, 2.75) is 23.6 Å². The first-order valence-corrected chi connectivity index (χ1v) is 7.93. The van der Waals surface area contributed by atoms with E-state index in [2.05, 4.69) is 10.3 Å². The maximum absolute atomic E-state index is 14.1. The first-order chi connectivity index (χ1) is 11.0. The number of hydrogen-bond acceptors (Lipinski definition) is 3. The molecule has 0 fully saturated rings. The highest BCUT2D eigenvalue weighted by molar-refractivity contribution is 8.00. The van der Waals surface area contributed by atoms with E-state index in [-0.39, 0.29) is 0 Å². The zero-order chi connectivity index (χ0) is 16.3. The van der Waals surface area contributed by atoms with Gasteiger partial charge in [0, 0.05) is 10.5 Å². The molecule has 0 aliphatic heterocycles. The molecule has 0 aliphatic rings. The SMILES string of the molecule is Cc1ccc(-c2cn(CC(F)(F)Sc3ccccc3)nn2)cc1. The minimum Gasteiger partial charge on any atom is -0.245 e. The van der Waals surface area contributed by atoms with Gasteiger partial charge in [-0.2, -0.15) is 8.78 Å². The second-order valence-electron chi connectivity index (χ2n) is 5.22. The predicted octanol–water partition coefficient (Wildman–Crippen LogP) is 4.64. The minimum atomic E-state index is -2.96. The first-order valence-electron chi connectivity index (χ1n) is 7.11. The van der Waals surface area contributed by atoms with Gasteiger partial charge in [-0.3, -0.25) is 0 Å². The zero-order valence-corrected chi connectivity index (χ0v) is 13.3. The molecule has 23 heavy (non-hydrogen) atoms. The average molecular weight is 331 g/mol. The number of rotatable bonds is 5. The van der Waals surface area contributed by atoms with Crippen LogP contribution in [0.1, 0.15) is 5.56 Å². The summed E-state index contributed by atoms with van der Waals surface area (Å²) in [5.74, 6) is 0. The Morgan fingerprint density at radius 1 is 1.04 bits per heavy atom. The van der Waals surface area contributed by atoms with Crippen molar-refractivity contribution in [3.8, 4) is 11.3 Å². The van der Waals surface area contributed by atoms with Crippen molar-refractivity contribution >= 4 is 11.8 Å². The number of alkyl halides is 2. The van der Waals surface area contributed by atoms with Crippen molar-refractivity contribution in [3.05, 3.63) is 66.4 Å². The molecule has 118 valence electrons. The lowest BCUT2D eigenvalue weighted by atomic mass is 10.1. The third kappa shape index (κ3) is 4.16. The summed E-state index contributed by atoms with van der Waals surface area (Å²) in [6.07, 6.45) is 1.55. The fourth-order valence-corrected chi connectivity index (χ4v) is 2.95. The number of aryl methyl sites for hydroxylation is 1. The fraction of sp³-hybridized carbons (Fsp3) is 0.176. The third-order valence-corrected chi connectivity index (χ3v) is 4.18. The second-order valence-corrected chi connectivity index (χ2v) is 6.49. The molecule has 0 aliphatic carbocycles. The van der Waals surface area contributed by atoms with Crippen LogP contribution in [0.2, 0.25) is 0 Å². The Bertz CT molecular complexity index is 770. The second kappa shape index (κ2) is 6.50. The minimum absolute atomic E-state index is 0.522. The molecular formula is C17H15F2N3S. The number of hydrogen-bond donors (Lipinski definition) is 0. The largest absolute Gasteiger partial charge is 0.317 e. The van der Waals surface area contributed by atoms with Gasteiger partial charge in [-0.25, -0.2) is 4.68 Å². The molecule has 0 saturated carbocycles. The van der Waals surface area contributed by atoms with Gasteiger partial charge in [0.2, 0.25) is 0 Å². The molecule has 3 aromatic rings. The van der Waals surface area contributed by atoms with Crippen LogP contribution in [0, 0.1) is 6.92 Å². The number of aromatic nitrogens is 3. The summed E-state index contributed by atoms with van der Waals surface area (Å²) in [6, 6.07) is 16.3. The van der Waals surface area contributed by atoms with Crippen LogP contribution in [0.5, 0.6) is 0 Å². The highest BCUT2D eigenvalue weighted by Crippen LogP contribution is 2.36. The van der Waals surface area contributed by atoms with Crippen LogP contribution >= 0.6 is 11.8 Å². The fourth-order valence-electron chi connectivity index (χ4n) is 2.11. The molecule has 0 atom stereocenters.